The van der Waals surface area contributed by atoms with Crippen LogP contribution in [-0.2, 0) is 49.8 Å². The van der Waals surface area contributed by atoms with Crippen molar-refractivity contribution in [3.63, 3.8) is 0 Å². The van der Waals surface area contributed by atoms with Gasteiger partial charge in [-0.1, -0.05) is 84.9 Å². The van der Waals surface area contributed by atoms with Crippen LogP contribution in [0.15, 0.2) is 114 Å². The predicted octanol–water partition coefficient (Wildman–Crippen LogP) is 5.32. The first-order valence-electron chi connectivity index (χ1n) is 18.8. The number of hydrogen-bond donors (Lipinski definition) is 2. The second-order valence-electron chi connectivity index (χ2n) is 13.3. The summed E-state index contributed by atoms with van der Waals surface area (Å²) in [7, 11) is -3.83. The van der Waals surface area contributed by atoms with Crippen molar-refractivity contribution in [3.05, 3.63) is 131 Å². The van der Waals surface area contributed by atoms with Gasteiger partial charge in [0.1, 0.15) is 0 Å². The van der Waals surface area contributed by atoms with Crippen LogP contribution in [0, 0.1) is 0 Å². The van der Waals surface area contributed by atoms with Crippen molar-refractivity contribution in [2.75, 3.05) is 90.4 Å². The molecule has 4 aromatic rings. The minimum Gasteiger partial charge on any atom is -0.392 e. The van der Waals surface area contributed by atoms with E-state index in [1.165, 1.54) is 0 Å². The molecule has 0 saturated carbocycles. The molecule has 0 amide bonds. The van der Waals surface area contributed by atoms with Crippen LogP contribution in [0.5, 0.6) is 0 Å². The first-order valence-corrected chi connectivity index (χ1v) is 20.3. The lowest BCUT2D eigenvalue weighted by molar-refractivity contribution is -0.263. The van der Waals surface area contributed by atoms with Crippen LogP contribution in [0.3, 0.4) is 0 Å². The molecular formula is C42H52N2O10S. The van der Waals surface area contributed by atoms with Gasteiger partial charge in [-0.05, 0) is 41.0 Å². The van der Waals surface area contributed by atoms with Gasteiger partial charge in [0.25, 0.3) is 10.0 Å². The molecule has 2 saturated heterocycles. The highest BCUT2D eigenvalue weighted by Gasteiger charge is 2.42. The van der Waals surface area contributed by atoms with Gasteiger partial charge in [0.15, 0.2) is 6.29 Å². The van der Waals surface area contributed by atoms with E-state index in [4.69, 9.17) is 33.2 Å². The summed E-state index contributed by atoms with van der Waals surface area (Å²) in [6.07, 6.45) is -1.66. The summed E-state index contributed by atoms with van der Waals surface area (Å²) in [6.45, 7) is 6.56. The monoisotopic (exact) mass is 776 g/mol. The van der Waals surface area contributed by atoms with E-state index in [1.54, 1.807) is 48.5 Å². The Hall–Kier alpha value is -3.73. The number of nitrogens with zero attached hydrogens (tertiary/aromatic N) is 1. The molecule has 2 heterocycles. The summed E-state index contributed by atoms with van der Waals surface area (Å²) < 4.78 is 71.9. The molecule has 2 aliphatic rings. The first-order chi connectivity index (χ1) is 27.0. The highest BCUT2D eigenvalue weighted by atomic mass is 32.2. The molecule has 6 rings (SSSR count). The smallest absolute Gasteiger partial charge is 0.261 e. The highest BCUT2D eigenvalue weighted by molar-refractivity contribution is 7.92. The van der Waals surface area contributed by atoms with Gasteiger partial charge < -0.3 is 38.3 Å². The van der Waals surface area contributed by atoms with E-state index in [9.17, 15) is 13.5 Å². The fraction of sp³-hybridized carbons (Fsp3) is 0.429. The Morgan fingerprint density at radius 2 is 1.15 bits per heavy atom. The van der Waals surface area contributed by atoms with Gasteiger partial charge in [-0.3, -0.25) is 9.62 Å². The van der Waals surface area contributed by atoms with Crippen molar-refractivity contribution >= 4 is 15.7 Å². The molecule has 2 fully saturated rings. The number of aliphatic hydroxyl groups is 1. The normalized spacial score (nSPS) is 23.3. The topological polar surface area (TPSA) is 134 Å². The van der Waals surface area contributed by atoms with Gasteiger partial charge in [0.05, 0.1) is 89.8 Å². The maximum atomic E-state index is 13.3. The Labute approximate surface area is 324 Å². The zero-order valence-electron chi connectivity index (χ0n) is 31.1. The van der Waals surface area contributed by atoms with Gasteiger partial charge in [-0.2, -0.15) is 0 Å². The average molecular weight is 777 g/mol. The Balaban J connectivity index is 1.29. The van der Waals surface area contributed by atoms with Crippen LogP contribution in [0.25, 0.3) is 0 Å². The van der Waals surface area contributed by atoms with Gasteiger partial charge in [0, 0.05) is 36.8 Å². The first kappa shape index (κ1) is 40.9. The number of sulfonamides is 1. The molecule has 0 aromatic heterocycles. The molecule has 55 heavy (non-hydrogen) atoms. The van der Waals surface area contributed by atoms with Gasteiger partial charge >= 0.3 is 0 Å². The summed E-state index contributed by atoms with van der Waals surface area (Å²) in [4.78, 5) is 2.46. The third-order valence-corrected chi connectivity index (χ3v) is 10.9. The lowest BCUT2D eigenvalue weighted by Crippen LogP contribution is -2.46. The second-order valence-corrected chi connectivity index (χ2v) is 15.0. The fourth-order valence-electron chi connectivity index (χ4n) is 6.65. The van der Waals surface area contributed by atoms with Crippen molar-refractivity contribution in [2.45, 2.75) is 35.9 Å². The lowest BCUT2D eigenvalue weighted by atomic mass is 9.83. The van der Waals surface area contributed by atoms with E-state index in [-0.39, 0.29) is 23.5 Å². The molecule has 4 aromatic carbocycles. The number of benzene rings is 4. The predicted molar refractivity (Wildman–Crippen MR) is 207 cm³/mol. The van der Waals surface area contributed by atoms with Gasteiger partial charge in [0.2, 0.25) is 0 Å². The van der Waals surface area contributed by atoms with E-state index in [2.05, 4.69) is 21.8 Å². The molecule has 0 bridgehead atoms. The lowest BCUT2D eigenvalue weighted by Gasteiger charge is -2.44. The maximum absolute atomic E-state index is 13.3. The van der Waals surface area contributed by atoms with Crippen LogP contribution in [0.4, 0.5) is 5.69 Å². The number of aliphatic hydroxyl groups excluding tert-OH is 1. The average Bonchev–Trinajstić information content (AvgIpc) is 3.22. The standard InChI is InChI=1S/C42H52N2O10S/c45-32-33-14-16-35(17-15-33)41-40(34-8-3-1-4-9-34)39(31-44-18-20-48-22-24-50-26-28-52-29-27-51-25-23-49-21-19-44)53-42(54-41)36-10-7-11-37(30-36)43-55(46,47)38-12-5-2-6-13-38/h1-17,30,39-43,45H,18-29,31-32H2. The van der Waals surface area contributed by atoms with Crippen molar-refractivity contribution < 1.29 is 46.7 Å². The molecule has 4 unspecified atom stereocenters. The SMILES string of the molecule is O=S(=O)(Nc1cccc(C2OC(CN3CCOCCOCCOCCOCCOCC3)C(c3ccccc3)C(c3ccc(CO)cc3)O2)c1)c1ccccc1. The third kappa shape index (κ3) is 12.4. The van der Waals surface area contributed by atoms with E-state index in [1.807, 2.05) is 48.5 Å². The molecule has 13 heteroatoms. The summed E-state index contributed by atoms with van der Waals surface area (Å²) in [5.74, 6) is -0.226. The third-order valence-electron chi connectivity index (χ3n) is 9.47. The maximum Gasteiger partial charge on any atom is 0.261 e. The number of rotatable bonds is 9. The molecule has 12 nitrogen and oxygen atoms in total. The molecular weight excluding hydrogens is 725 g/mol. The zero-order chi connectivity index (χ0) is 38.1. The highest BCUT2D eigenvalue weighted by Crippen LogP contribution is 2.47. The summed E-state index contributed by atoms with van der Waals surface area (Å²) in [5.41, 5.74) is 3.84. The van der Waals surface area contributed by atoms with Gasteiger partial charge in [-0.15, -0.1) is 0 Å². The molecule has 0 radical (unpaired) electrons. The minimum atomic E-state index is -3.83. The number of nitrogens with one attached hydrogen (secondary N) is 1. The fourth-order valence-corrected chi connectivity index (χ4v) is 7.72. The van der Waals surface area contributed by atoms with Crippen molar-refractivity contribution in [1.29, 1.82) is 0 Å². The Morgan fingerprint density at radius 3 is 1.73 bits per heavy atom. The Morgan fingerprint density at radius 1 is 0.600 bits per heavy atom. The minimum absolute atomic E-state index is 0.0697. The molecule has 2 N–H and O–H groups in total. The summed E-state index contributed by atoms with van der Waals surface area (Å²) in [5, 5.41) is 9.81. The van der Waals surface area contributed by atoms with Crippen LogP contribution >= 0.6 is 0 Å². The van der Waals surface area contributed by atoms with Crippen LogP contribution in [0.1, 0.15) is 40.6 Å². The quantitative estimate of drug-likeness (QED) is 0.229. The van der Waals surface area contributed by atoms with E-state index >= 15 is 0 Å². The number of ether oxygens (including phenoxy) is 7. The number of anilines is 1. The van der Waals surface area contributed by atoms with Crippen LogP contribution in [0.2, 0.25) is 0 Å². The largest absolute Gasteiger partial charge is 0.392 e. The Bertz CT molecular complexity index is 1780. The van der Waals surface area contributed by atoms with Crippen LogP contribution in [-0.4, -0.2) is 110 Å². The summed E-state index contributed by atoms with van der Waals surface area (Å²) in [6, 6.07) is 33.4. The van der Waals surface area contributed by atoms with Crippen LogP contribution < -0.4 is 4.72 Å². The second kappa shape index (κ2) is 21.5. The molecule has 2 aliphatic heterocycles. The van der Waals surface area contributed by atoms with Gasteiger partial charge in [-0.25, -0.2) is 8.42 Å². The number of hydrogen-bond acceptors (Lipinski definition) is 11. The molecule has 4 atom stereocenters. The molecule has 0 spiro atoms. The van der Waals surface area contributed by atoms with Crippen molar-refractivity contribution in [2.24, 2.45) is 0 Å². The van der Waals surface area contributed by atoms with E-state index in [0.717, 1.165) is 16.7 Å². The molecule has 0 aliphatic carbocycles. The summed E-state index contributed by atoms with van der Waals surface area (Å²) >= 11 is 0. The molecule has 296 valence electrons. The van der Waals surface area contributed by atoms with Crippen molar-refractivity contribution in [3.8, 4) is 0 Å². The van der Waals surface area contributed by atoms with Crippen molar-refractivity contribution in [1.82, 2.24) is 4.90 Å². The zero-order valence-corrected chi connectivity index (χ0v) is 31.9. The Kier molecular flexibility index (Phi) is 16.0. The van der Waals surface area contributed by atoms with E-state index < -0.39 is 22.4 Å². The van der Waals surface area contributed by atoms with E-state index in [0.29, 0.717) is 97.0 Å².